The molecule has 8 heteroatoms. The number of nitrogens with zero attached hydrogens (tertiary/aromatic N) is 2. The van der Waals surface area contributed by atoms with Crippen LogP contribution in [0.3, 0.4) is 0 Å². The van der Waals surface area contributed by atoms with Crippen molar-refractivity contribution in [3.8, 4) is 0 Å². The van der Waals surface area contributed by atoms with Crippen molar-refractivity contribution in [2.75, 3.05) is 5.32 Å². The number of rotatable bonds is 5. The third kappa shape index (κ3) is 3.86. The summed E-state index contributed by atoms with van der Waals surface area (Å²) < 4.78 is 7.13. The van der Waals surface area contributed by atoms with E-state index in [4.69, 9.17) is 9.40 Å². The first-order valence-corrected chi connectivity index (χ1v) is 11.0. The Hall–Kier alpha value is -3.39. The number of thioether (sulfide) groups is 1. The summed E-state index contributed by atoms with van der Waals surface area (Å²) in [5.41, 5.74) is 1.94. The van der Waals surface area contributed by atoms with Crippen LogP contribution >= 0.6 is 11.8 Å². The number of carbonyl (C=O) groups is 1. The quantitative estimate of drug-likeness (QED) is 0.289. The lowest BCUT2D eigenvalue weighted by Gasteiger charge is -2.13. The second-order valence-corrected chi connectivity index (χ2v) is 8.53. The van der Waals surface area contributed by atoms with Crippen molar-refractivity contribution in [1.29, 1.82) is 0 Å². The highest BCUT2D eigenvalue weighted by Gasteiger charge is 2.28. The molecule has 2 heterocycles. The lowest BCUT2D eigenvalue weighted by atomic mass is 10.1. The molecule has 0 unspecified atom stereocenters. The number of anilines is 1. The van der Waals surface area contributed by atoms with Gasteiger partial charge in [0.05, 0.1) is 10.9 Å². The topological polar surface area (TPSA) is 94.2 Å². The molecule has 1 aliphatic carbocycles. The van der Waals surface area contributed by atoms with E-state index in [-0.39, 0.29) is 17.5 Å². The van der Waals surface area contributed by atoms with Crippen molar-refractivity contribution in [2.24, 2.45) is 0 Å². The van der Waals surface area contributed by atoms with Gasteiger partial charge >= 0.3 is 5.63 Å². The molecule has 0 bridgehead atoms. The number of carbonyl (C=O) groups excluding carboxylic acids is 1. The predicted molar refractivity (Wildman–Crippen MR) is 121 cm³/mol. The zero-order valence-electron chi connectivity index (χ0n) is 16.8. The highest BCUT2D eigenvalue weighted by molar-refractivity contribution is 7.98. The van der Waals surface area contributed by atoms with Crippen LogP contribution in [0, 0.1) is 0 Å². The van der Waals surface area contributed by atoms with Gasteiger partial charge in [-0.05, 0) is 42.7 Å². The highest BCUT2D eigenvalue weighted by Crippen LogP contribution is 2.37. The second-order valence-electron chi connectivity index (χ2n) is 7.59. The largest absolute Gasteiger partial charge is 0.423 e. The molecule has 0 radical (unpaired) electrons. The van der Waals surface area contributed by atoms with Crippen LogP contribution in [-0.2, 0) is 10.5 Å². The summed E-state index contributed by atoms with van der Waals surface area (Å²) in [5.74, 6) is 0.257. The average molecular weight is 433 g/mol. The zero-order valence-corrected chi connectivity index (χ0v) is 17.6. The van der Waals surface area contributed by atoms with Crippen molar-refractivity contribution in [3.63, 3.8) is 0 Å². The average Bonchev–Trinajstić information content (AvgIpc) is 3.56. The SMILES string of the molecule is CC(=O)Nc1ccc2c(CSc3nc4ccccc4c(=O)n3C3CC3)cc(=O)oc2c1. The maximum absolute atomic E-state index is 13.0. The maximum Gasteiger partial charge on any atom is 0.336 e. The molecule has 4 aromatic rings. The van der Waals surface area contributed by atoms with E-state index in [1.807, 2.05) is 24.3 Å². The second kappa shape index (κ2) is 7.70. The zero-order chi connectivity index (χ0) is 21.5. The minimum Gasteiger partial charge on any atom is -0.423 e. The number of amides is 1. The highest BCUT2D eigenvalue weighted by atomic mass is 32.2. The Bertz CT molecular complexity index is 1450. The first-order chi connectivity index (χ1) is 15.0. The lowest BCUT2D eigenvalue weighted by Crippen LogP contribution is -2.22. The van der Waals surface area contributed by atoms with E-state index >= 15 is 0 Å². The fraction of sp³-hybridized carbons (Fsp3) is 0.217. The van der Waals surface area contributed by atoms with E-state index in [1.54, 1.807) is 22.8 Å². The van der Waals surface area contributed by atoms with Crippen LogP contribution in [0.4, 0.5) is 5.69 Å². The van der Waals surface area contributed by atoms with Gasteiger partial charge in [-0.15, -0.1) is 0 Å². The van der Waals surface area contributed by atoms with Crippen LogP contribution in [-0.4, -0.2) is 15.5 Å². The smallest absolute Gasteiger partial charge is 0.336 e. The number of fused-ring (bicyclic) bond motifs is 2. The fourth-order valence-corrected chi connectivity index (χ4v) is 4.71. The Balaban J connectivity index is 1.53. The molecule has 2 aromatic heterocycles. The van der Waals surface area contributed by atoms with E-state index in [9.17, 15) is 14.4 Å². The molecule has 0 spiro atoms. The molecule has 1 N–H and O–H groups in total. The molecule has 0 atom stereocenters. The summed E-state index contributed by atoms with van der Waals surface area (Å²) in [4.78, 5) is 41.2. The van der Waals surface area contributed by atoms with Crippen molar-refractivity contribution in [1.82, 2.24) is 9.55 Å². The normalized spacial score (nSPS) is 13.6. The number of hydrogen-bond donors (Lipinski definition) is 1. The number of para-hydroxylation sites is 1. The summed E-state index contributed by atoms with van der Waals surface area (Å²) in [7, 11) is 0. The standard InChI is InChI=1S/C23H19N3O4S/c1-13(27)24-15-6-9-17-14(10-21(28)30-20(17)11-15)12-31-23-25-19-5-3-2-4-18(19)22(29)26(23)16-7-8-16/h2-6,9-11,16H,7-8,12H2,1H3,(H,24,27). The molecule has 2 aromatic carbocycles. The molecular formula is C23H19N3O4S. The summed E-state index contributed by atoms with van der Waals surface area (Å²) in [6.07, 6.45) is 1.94. The van der Waals surface area contributed by atoms with Gasteiger partial charge in [-0.3, -0.25) is 14.2 Å². The first-order valence-electron chi connectivity index (χ1n) is 9.98. The number of hydrogen-bond acceptors (Lipinski definition) is 6. The summed E-state index contributed by atoms with van der Waals surface area (Å²) >= 11 is 1.44. The molecule has 31 heavy (non-hydrogen) atoms. The Morgan fingerprint density at radius 2 is 1.97 bits per heavy atom. The van der Waals surface area contributed by atoms with Gasteiger partial charge in [0.15, 0.2) is 5.16 Å². The molecule has 1 fully saturated rings. The summed E-state index contributed by atoms with van der Waals surface area (Å²) in [5, 5.41) is 4.74. The summed E-state index contributed by atoms with van der Waals surface area (Å²) in [6, 6.07) is 14.2. The third-order valence-electron chi connectivity index (χ3n) is 5.19. The summed E-state index contributed by atoms with van der Waals surface area (Å²) in [6.45, 7) is 1.42. The van der Waals surface area contributed by atoms with Gasteiger partial charge in [0, 0.05) is 41.9 Å². The molecule has 1 saturated carbocycles. The van der Waals surface area contributed by atoms with Gasteiger partial charge in [-0.25, -0.2) is 9.78 Å². The van der Waals surface area contributed by atoms with Gasteiger partial charge in [-0.1, -0.05) is 23.9 Å². The van der Waals surface area contributed by atoms with Crippen LogP contribution in [0.15, 0.2) is 67.7 Å². The molecule has 0 aliphatic heterocycles. The molecule has 1 aliphatic rings. The maximum atomic E-state index is 13.0. The fourth-order valence-electron chi connectivity index (χ4n) is 3.65. The van der Waals surface area contributed by atoms with Crippen molar-refractivity contribution in [3.05, 3.63) is 74.9 Å². The predicted octanol–water partition coefficient (Wildman–Crippen LogP) is 4.09. The first kappa shape index (κ1) is 19.6. The van der Waals surface area contributed by atoms with Gasteiger partial charge in [0.1, 0.15) is 5.58 Å². The van der Waals surface area contributed by atoms with Crippen LogP contribution in [0.2, 0.25) is 0 Å². The Morgan fingerprint density at radius 1 is 1.16 bits per heavy atom. The minimum absolute atomic E-state index is 0.0204. The van der Waals surface area contributed by atoms with Crippen LogP contribution < -0.4 is 16.5 Å². The van der Waals surface area contributed by atoms with Crippen molar-refractivity contribution in [2.45, 2.75) is 36.7 Å². The van der Waals surface area contributed by atoms with Gasteiger partial charge < -0.3 is 9.73 Å². The van der Waals surface area contributed by atoms with Gasteiger partial charge in [0.25, 0.3) is 5.56 Å². The molecule has 7 nitrogen and oxygen atoms in total. The van der Waals surface area contributed by atoms with E-state index < -0.39 is 5.63 Å². The Kier molecular flexibility index (Phi) is 4.86. The van der Waals surface area contributed by atoms with Crippen LogP contribution in [0.5, 0.6) is 0 Å². The molecular weight excluding hydrogens is 414 g/mol. The van der Waals surface area contributed by atoms with E-state index in [1.165, 1.54) is 24.8 Å². The molecule has 0 saturated heterocycles. The Morgan fingerprint density at radius 3 is 2.74 bits per heavy atom. The number of aromatic nitrogens is 2. The minimum atomic E-state index is -0.464. The van der Waals surface area contributed by atoms with Crippen molar-refractivity contribution >= 4 is 45.2 Å². The van der Waals surface area contributed by atoms with E-state index in [2.05, 4.69) is 5.32 Å². The van der Waals surface area contributed by atoms with Gasteiger partial charge in [0.2, 0.25) is 5.91 Å². The number of nitrogens with one attached hydrogen (secondary N) is 1. The molecule has 1 amide bonds. The molecule has 156 valence electrons. The Labute approximate surface area is 181 Å². The van der Waals surface area contributed by atoms with E-state index in [0.717, 1.165) is 23.8 Å². The van der Waals surface area contributed by atoms with E-state index in [0.29, 0.717) is 33.1 Å². The van der Waals surface area contributed by atoms with Crippen LogP contribution in [0.25, 0.3) is 21.9 Å². The van der Waals surface area contributed by atoms with Crippen LogP contribution in [0.1, 0.15) is 31.4 Å². The van der Waals surface area contributed by atoms with Crippen molar-refractivity contribution < 1.29 is 9.21 Å². The monoisotopic (exact) mass is 433 g/mol. The third-order valence-corrected chi connectivity index (χ3v) is 6.20. The molecule has 5 rings (SSSR count). The van der Waals surface area contributed by atoms with Gasteiger partial charge in [-0.2, -0.15) is 0 Å². The lowest BCUT2D eigenvalue weighted by molar-refractivity contribution is -0.114. The number of benzene rings is 2.